The number of hydrogen-bond acceptors (Lipinski definition) is 4. The average molecular weight is 507 g/mol. The van der Waals surface area contributed by atoms with E-state index in [1.807, 2.05) is 0 Å². The van der Waals surface area contributed by atoms with Crippen LogP contribution in [-0.2, 0) is 16.1 Å². The van der Waals surface area contributed by atoms with Gasteiger partial charge in [-0.05, 0) is 48.7 Å². The summed E-state index contributed by atoms with van der Waals surface area (Å²) in [4.78, 5) is 39.2. The van der Waals surface area contributed by atoms with Gasteiger partial charge in [0, 0.05) is 23.8 Å². The maximum atomic E-state index is 12.8. The summed E-state index contributed by atoms with van der Waals surface area (Å²) in [5.74, 6) is -1.08. The van der Waals surface area contributed by atoms with Crippen molar-refractivity contribution in [2.24, 2.45) is 0 Å². The van der Waals surface area contributed by atoms with E-state index < -0.39 is 5.91 Å². The number of imide groups is 1. The highest BCUT2D eigenvalue weighted by Gasteiger charge is 2.41. The molecule has 0 atom stereocenters. The monoisotopic (exact) mass is 505 g/mol. The molecule has 0 saturated heterocycles. The second-order valence-electron chi connectivity index (χ2n) is 8.09. The van der Waals surface area contributed by atoms with Gasteiger partial charge in [0.25, 0.3) is 17.7 Å². The molecule has 9 heteroatoms. The Hall–Kier alpha value is -2.54. The SMILES string of the molecule is O=C(Nc1ccc(Cl)c(Cl)c1)c1ccc(CNC2=C(Cl)C(=O)N(C3CCCCC3)C2=O)cc1. The number of benzene rings is 2. The minimum Gasteiger partial charge on any atom is -0.375 e. The van der Waals surface area contributed by atoms with Crippen molar-refractivity contribution in [2.75, 3.05) is 5.32 Å². The van der Waals surface area contributed by atoms with E-state index in [1.54, 1.807) is 42.5 Å². The fraction of sp³-hybridized carbons (Fsp3) is 0.292. The number of anilines is 1. The zero-order chi connectivity index (χ0) is 23.5. The van der Waals surface area contributed by atoms with Crippen molar-refractivity contribution in [2.45, 2.75) is 44.7 Å². The molecular formula is C24H22Cl3N3O3. The first-order valence-corrected chi connectivity index (χ1v) is 11.9. The summed E-state index contributed by atoms with van der Waals surface area (Å²) in [7, 11) is 0. The van der Waals surface area contributed by atoms with Crippen LogP contribution in [0.5, 0.6) is 0 Å². The van der Waals surface area contributed by atoms with Gasteiger partial charge in [0.1, 0.15) is 10.7 Å². The molecule has 1 fully saturated rings. The van der Waals surface area contributed by atoms with Crippen LogP contribution < -0.4 is 10.6 Å². The van der Waals surface area contributed by atoms with Crippen molar-refractivity contribution < 1.29 is 14.4 Å². The Kier molecular flexibility index (Phi) is 7.27. The molecule has 0 radical (unpaired) electrons. The third-order valence-electron chi connectivity index (χ3n) is 5.86. The van der Waals surface area contributed by atoms with Gasteiger partial charge in [0.15, 0.2) is 0 Å². The number of rotatable bonds is 6. The molecule has 33 heavy (non-hydrogen) atoms. The predicted molar refractivity (Wildman–Crippen MR) is 129 cm³/mol. The molecule has 2 aromatic carbocycles. The van der Waals surface area contributed by atoms with Gasteiger partial charge in [-0.3, -0.25) is 19.3 Å². The quantitative estimate of drug-likeness (QED) is 0.508. The van der Waals surface area contributed by atoms with E-state index in [0.29, 0.717) is 21.3 Å². The molecule has 1 aliphatic heterocycles. The summed E-state index contributed by atoms with van der Waals surface area (Å²) in [6.45, 7) is 0.289. The molecule has 4 rings (SSSR count). The fourth-order valence-electron chi connectivity index (χ4n) is 4.08. The average Bonchev–Trinajstić information content (AvgIpc) is 3.03. The number of halogens is 3. The molecule has 1 saturated carbocycles. The van der Waals surface area contributed by atoms with Crippen molar-refractivity contribution in [3.05, 3.63) is 74.4 Å². The fourth-order valence-corrected chi connectivity index (χ4v) is 4.62. The number of hydrogen-bond donors (Lipinski definition) is 2. The summed E-state index contributed by atoms with van der Waals surface area (Å²) in [5.41, 5.74) is 1.95. The van der Waals surface area contributed by atoms with Crippen LogP contribution in [0.25, 0.3) is 0 Å². The lowest BCUT2D eigenvalue weighted by Crippen LogP contribution is -2.43. The van der Waals surface area contributed by atoms with E-state index >= 15 is 0 Å². The molecule has 0 bridgehead atoms. The van der Waals surface area contributed by atoms with Gasteiger partial charge >= 0.3 is 0 Å². The number of carbonyl (C=O) groups is 3. The van der Waals surface area contributed by atoms with Crippen LogP contribution in [0.1, 0.15) is 48.0 Å². The Bertz CT molecular complexity index is 1130. The molecule has 2 N–H and O–H groups in total. The van der Waals surface area contributed by atoms with Gasteiger partial charge in [-0.15, -0.1) is 0 Å². The van der Waals surface area contributed by atoms with Crippen molar-refractivity contribution in [3.8, 4) is 0 Å². The smallest absolute Gasteiger partial charge is 0.278 e. The van der Waals surface area contributed by atoms with Crippen molar-refractivity contribution in [1.29, 1.82) is 0 Å². The third kappa shape index (κ3) is 5.18. The van der Waals surface area contributed by atoms with E-state index in [4.69, 9.17) is 34.8 Å². The lowest BCUT2D eigenvalue weighted by Gasteiger charge is -2.29. The number of carbonyl (C=O) groups excluding carboxylic acids is 3. The first-order valence-electron chi connectivity index (χ1n) is 10.7. The molecular weight excluding hydrogens is 485 g/mol. The summed E-state index contributed by atoms with van der Waals surface area (Å²) in [6.07, 6.45) is 4.78. The molecule has 1 heterocycles. The predicted octanol–water partition coefficient (Wildman–Crippen LogP) is 5.49. The Morgan fingerprint density at radius 3 is 2.27 bits per heavy atom. The summed E-state index contributed by atoms with van der Waals surface area (Å²) in [5, 5.41) is 6.46. The maximum absolute atomic E-state index is 12.8. The second kappa shape index (κ2) is 10.2. The van der Waals surface area contributed by atoms with Crippen molar-refractivity contribution in [1.82, 2.24) is 10.2 Å². The van der Waals surface area contributed by atoms with Crippen LogP contribution >= 0.6 is 34.8 Å². The Morgan fingerprint density at radius 2 is 1.61 bits per heavy atom. The van der Waals surface area contributed by atoms with E-state index in [1.165, 1.54) is 4.90 Å². The van der Waals surface area contributed by atoms with E-state index in [9.17, 15) is 14.4 Å². The van der Waals surface area contributed by atoms with E-state index in [0.717, 1.165) is 37.7 Å². The van der Waals surface area contributed by atoms with Crippen LogP contribution in [0, 0.1) is 0 Å². The molecule has 0 aromatic heterocycles. The van der Waals surface area contributed by atoms with E-state index in [2.05, 4.69) is 10.6 Å². The number of amides is 3. The van der Waals surface area contributed by atoms with Gasteiger partial charge in [0.05, 0.1) is 10.0 Å². The molecule has 1 aliphatic carbocycles. The topological polar surface area (TPSA) is 78.5 Å². The molecule has 0 unspecified atom stereocenters. The normalized spacial score (nSPS) is 17.0. The van der Waals surface area contributed by atoms with Crippen LogP contribution in [0.2, 0.25) is 10.0 Å². The van der Waals surface area contributed by atoms with Crippen LogP contribution in [0.4, 0.5) is 5.69 Å². The van der Waals surface area contributed by atoms with Crippen molar-refractivity contribution >= 4 is 58.2 Å². The highest BCUT2D eigenvalue weighted by molar-refractivity contribution is 6.47. The zero-order valence-corrected chi connectivity index (χ0v) is 19.9. The van der Waals surface area contributed by atoms with Gasteiger partial charge in [0.2, 0.25) is 0 Å². The highest BCUT2D eigenvalue weighted by atomic mass is 35.5. The second-order valence-corrected chi connectivity index (χ2v) is 9.29. The van der Waals surface area contributed by atoms with Crippen LogP contribution in [-0.4, -0.2) is 28.7 Å². The highest BCUT2D eigenvalue weighted by Crippen LogP contribution is 2.31. The zero-order valence-electron chi connectivity index (χ0n) is 17.7. The van der Waals surface area contributed by atoms with Gasteiger partial charge in [-0.1, -0.05) is 66.2 Å². The summed E-state index contributed by atoms with van der Waals surface area (Å²) in [6, 6.07) is 11.7. The minimum absolute atomic E-state index is 0.0665. The standard InChI is InChI=1S/C24H22Cl3N3O3/c25-18-11-10-16(12-19(18)26)29-22(31)15-8-6-14(7-9-15)13-28-21-20(27)23(32)30(24(21)33)17-4-2-1-3-5-17/h6-12,17,28H,1-5,13H2,(H,29,31). The summed E-state index contributed by atoms with van der Waals surface area (Å²) < 4.78 is 0. The largest absolute Gasteiger partial charge is 0.375 e. The van der Waals surface area contributed by atoms with Crippen LogP contribution in [0.15, 0.2) is 53.2 Å². The first kappa shape index (κ1) is 23.6. The van der Waals surface area contributed by atoms with Crippen molar-refractivity contribution in [3.63, 3.8) is 0 Å². The summed E-state index contributed by atoms with van der Waals surface area (Å²) >= 11 is 18.1. The third-order valence-corrected chi connectivity index (χ3v) is 6.95. The molecule has 2 aromatic rings. The van der Waals surface area contributed by atoms with Gasteiger partial charge < -0.3 is 10.6 Å². The molecule has 2 aliphatic rings. The Morgan fingerprint density at radius 1 is 0.909 bits per heavy atom. The molecule has 172 valence electrons. The molecule has 3 amide bonds. The Labute approximate surface area is 206 Å². The number of nitrogens with zero attached hydrogens (tertiary/aromatic N) is 1. The van der Waals surface area contributed by atoms with Gasteiger partial charge in [-0.2, -0.15) is 0 Å². The molecule has 0 spiro atoms. The molecule has 6 nitrogen and oxygen atoms in total. The van der Waals surface area contributed by atoms with E-state index in [-0.39, 0.29) is 35.1 Å². The van der Waals surface area contributed by atoms with Crippen LogP contribution in [0.3, 0.4) is 0 Å². The maximum Gasteiger partial charge on any atom is 0.278 e. The lowest BCUT2D eigenvalue weighted by atomic mass is 9.94. The lowest BCUT2D eigenvalue weighted by molar-refractivity contribution is -0.140. The van der Waals surface area contributed by atoms with Gasteiger partial charge in [-0.25, -0.2) is 0 Å². The minimum atomic E-state index is -0.426. The number of nitrogens with one attached hydrogen (secondary N) is 2. The first-order chi connectivity index (χ1) is 15.8. The Balaban J connectivity index is 1.37.